The molecule has 0 saturated carbocycles. The Kier molecular flexibility index (Phi) is 4.95. The number of nitrogens with two attached hydrogens (primary N) is 1. The molecule has 0 fully saturated rings. The second kappa shape index (κ2) is 6.91. The van der Waals surface area contributed by atoms with Crippen LogP contribution >= 0.6 is 0 Å². The summed E-state index contributed by atoms with van der Waals surface area (Å²) in [6.45, 7) is -0.219. The molecule has 0 aliphatic rings. The predicted octanol–water partition coefficient (Wildman–Crippen LogP) is 1.22. The lowest BCUT2D eigenvalue weighted by Crippen LogP contribution is -2.20. The van der Waals surface area contributed by atoms with Crippen LogP contribution in [0.3, 0.4) is 0 Å². The number of ether oxygens (including phenoxy) is 1. The number of hydrogen-bond donors (Lipinski definition) is 2. The van der Waals surface area contributed by atoms with Gasteiger partial charge in [0.15, 0.2) is 6.61 Å². The van der Waals surface area contributed by atoms with Crippen LogP contribution in [0.25, 0.3) is 0 Å². The molecule has 23 heavy (non-hydrogen) atoms. The number of nitrogens with one attached hydrogen (secondary N) is 1. The van der Waals surface area contributed by atoms with Crippen LogP contribution in [0.1, 0.15) is 5.56 Å². The Labute approximate surface area is 133 Å². The minimum absolute atomic E-state index is 0.0377. The molecular weight excluding hydrogens is 318 g/mol. The van der Waals surface area contributed by atoms with Gasteiger partial charge in [-0.15, -0.1) is 0 Å². The van der Waals surface area contributed by atoms with Gasteiger partial charge in [-0.2, -0.15) is 5.26 Å². The normalized spacial score (nSPS) is 10.6. The molecule has 0 bridgehead atoms. The topological polar surface area (TPSA) is 122 Å². The molecule has 0 heterocycles. The summed E-state index contributed by atoms with van der Waals surface area (Å²) >= 11 is 0. The summed E-state index contributed by atoms with van der Waals surface area (Å²) in [7, 11) is -3.76. The second-order valence-corrected chi connectivity index (χ2v) is 6.10. The van der Waals surface area contributed by atoms with Crippen molar-refractivity contribution < 1.29 is 17.9 Å². The fourth-order valence-corrected chi connectivity index (χ4v) is 2.22. The molecule has 0 atom stereocenters. The van der Waals surface area contributed by atoms with Crippen molar-refractivity contribution in [3.05, 3.63) is 54.1 Å². The molecule has 2 rings (SSSR count). The average Bonchev–Trinajstić information content (AvgIpc) is 2.53. The van der Waals surface area contributed by atoms with Crippen molar-refractivity contribution in [3.63, 3.8) is 0 Å². The number of carbonyl (C=O) groups excluding carboxylic acids is 1. The highest BCUT2D eigenvalue weighted by molar-refractivity contribution is 7.89. The first-order valence-electron chi connectivity index (χ1n) is 6.44. The summed E-state index contributed by atoms with van der Waals surface area (Å²) in [6.07, 6.45) is 0. The minimum atomic E-state index is -3.76. The van der Waals surface area contributed by atoms with Gasteiger partial charge in [0.25, 0.3) is 5.91 Å². The summed E-state index contributed by atoms with van der Waals surface area (Å²) in [5, 5.41) is 16.2. The Morgan fingerprint density at radius 3 is 2.26 bits per heavy atom. The van der Waals surface area contributed by atoms with Crippen LogP contribution in [-0.2, 0) is 14.8 Å². The van der Waals surface area contributed by atoms with E-state index < -0.39 is 15.9 Å². The number of sulfonamides is 1. The number of nitrogens with zero attached hydrogens (tertiary/aromatic N) is 1. The van der Waals surface area contributed by atoms with E-state index in [1.165, 1.54) is 24.3 Å². The number of hydrogen-bond acceptors (Lipinski definition) is 5. The molecule has 7 nitrogen and oxygen atoms in total. The van der Waals surface area contributed by atoms with Gasteiger partial charge in [-0.1, -0.05) is 0 Å². The summed E-state index contributed by atoms with van der Waals surface area (Å²) in [5.74, 6) is 0.0569. The largest absolute Gasteiger partial charge is 0.484 e. The smallest absolute Gasteiger partial charge is 0.262 e. The highest BCUT2D eigenvalue weighted by Gasteiger charge is 2.08. The molecule has 0 aliphatic carbocycles. The molecule has 0 saturated heterocycles. The lowest BCUT2D eigenvalue weighted by Gasteiger charge is -2.08. The van der Waals surface area contributed by atoms with Gasteiger partial charge in [-0.05, 0) is 48.5 Å². The molecule has 0 radical (unpaired) electrons. The Morgan fingerprint density at radius 1 is 1.13 bits per heavy atom. The van der Waals surface area contributed by atoms with Crippen LogP contribution < -0.4 is 15.2 Å². The third kappa shape index (κ3) is 4.81. The van der Waals surface area contributed by atoms with Gasteiger partial charge in [-0.3, -0.25) is 4.79 Å². The third-order valence-corrected chi connectivity index (χ3v) is 3.75. The number of primary sulfonamides is 1. The fourth-order valence-electron chi connectivity index (χ4n) is 1.70. The van der Waals surface area contributed by atoms with Gasteiger partial charge >= 0.3 is 0 Å². The van der Waals surface area contributed by atoms with E-state index in [2.05, 4.69) is 5.32 Å². The van der Waals surface area contributed by atoms with Crippen molar-refractivity contribution in [1.29, 1.82) is 5.26 Å². The van der Waals surface area contributed by atoms with Crippen molar-refractivity contribution >= 4 is 21.6 Å². The van der Waals surface area contributed by atoms with E-state index >= 15 is 0 Å². The number of carbonyl (C=O) groups is 1. The van der Waals surface area contributed by atoms with Crippen LogP contribution in [0.15, 0.2) is 53.4 Å². The number of nitriles is 1. The quantitative estimate of drug-likeness (QED) is 0.853. The van der Waals surface area contributed by atoms with Crippen LogP contribution in [-0.4, -0.2) is 20.9 Å². The van der Waals surface area contributed by atoms with E-state index in [0.29, 0.717) is 17.0 Å². The minimum Gasteiger partial charge on any atom is -0.484 e. The number of amides is 1. The number of anilines is 1. The van der Waals surface area contributed by atoms with Crippen LogP contribution in [0.5, 0.6) is 5.75 Å². The van der Waals surface area contributed by atoms with E-state index in [0.717, 1.165) is 0 Å². The molecular formula is C15H13N3O4S. The molecule has 118 valence electrons. The van der Waals surface area contributed by atoms with Gasteiger partial charge in [0.1, 0.15) is 5.75 Å². The predicted molar refractivity (Wildman–Crippen MR) is 83.1 cm³/mol. The highest BCUT2D eigenvalue weighted by atomic mass is 32.2. The van der Waals surface area contributed by atoms with Crippen molar-refractivity contribution in [3.8, 4) is 11.8 Å². The lowest BCUT2D eigenvalue weighted by molar-refractivity contribution is -0.118. The number of benzene rings is 2. The van der Waals surface area contributed by atoms with E-state index in [-0.39, 0.29) is 11.5 Å². The molecule has 0 unspecified atom stereocenters. The maximum atomic E-state index is 11.8. The number of rotatable bonds is 5. The van der Waals surface area contributed by atoms with Crippen LogP contribution in [0.2, 0.25) is 0 Å². The van der Waals surface area contributed by atoms with Gasteiger partial charge in [0.2, 0.25) is 10.0 Å². The molecule has 2 aromatic carbocycles. The Bertz CT molecular complexity index is 838. The van der Waals surface area contributed by atoms with E-state index in [9.17, 15) is 13.2 Å². The molecule has 8 heteroatoms. The molecule has 0 spiro atoms. The maximum Gasteiger partial charge on any atom is 0.262 e. The first-order chi connectivity index (χ1) is 10.9. The van der Waals surface area contributed by atoms with Crippen LogP contribution in [0, 0.1) is 11.3 Å². The van der Waals surface area contributed by atoms with Crippen molar-refractivity contribution in [2.24, 2.45) is 5.14 Å². The molecule has 0 aromatic heterocycles. The van der Waals surface area contributed by atoms with E-state index in [1.807, 2.05) is 6.07 Å². The van der Waals surface area contributed by atoms with Crippen LogP contribution in [0.4, 0.5) is 5.69 Å². The monoisotopic (exact) mass is 331 g/mol. The SMILES string of the molecule is N#Cc1ccc(OCC(=O)Nc2ccc(S(N)(=O)=O)cc2)cc1. The molecule has 3 N–H and O–H groups in total. The summed E-state index contributed by atoms with van der Waals surface area (Å²) in [4.78, 5) is 11.7. The lowest BCUT2D eigenvalue weighted by atomic mass is 10.2. The summed E-state index contributed by atoms with van der Waals surface area (Å²) < 4.78 is 27.5. The first-order valence-corrected chi connectivity index (χ1v) is 7.99. The zero-order valence-corrected chi connectivity index (χ0v) is 12.7. The van der Waals surface area contributed by atoms with Gasteiger partial charge in [-0.25, -0.2) is 13.6 Å². The zero-order chi connectivity index (χ0) is 16.9. The third-order valence-electron chi connectivity index (χ3n) is 2.82. The Morgan fingerprint density at radius 2 is 1.74 bits per heavy atom. The van der Waals surface area contributed by atoms with Crippen molar-refractivity contribution in [1.82, 2.24) is 0 Å². The molecule has 2 aromatic rings. The average molecular weight is 331 g/mol. The Hall–Kier alpha value is -2.89. The maximum absolute atomic E-state index is 11.8. The first kappa shape index (κ1) is 16.5. The molecule has 1 amide bonds. The van der Waals surface area contributed by atoms with E-state index in [4.69, 9.17) is 15.1 Å². The van der Waals surface area contributed by atoms with Crippen molar-refractivity contribution in [2.75, 3.05) is 11.9 Å². The van der Waals surface area contributed by atoms with Gasteiger partial charge in [0, 0.05) is 5.69 Å². The Balaban J connectivity index is 1.90. The van der Waals surface area contributed by atoms with Gasteiger partial charge < -0.3 is 10.1 Å². The van der Waals surface area contributed by atoms with E-state index in [1.54, 1.807) is 24.3 Å². The zero-order valence-electron chi connectivity index (χ0n) is 11.9. The summed E-state index contributed by atoms with van der Waals surface area (Å²) in [6, 6.07) is 13.8. The highest BCUT2D eigenvalue weighted by Crippen LogP contribution is 2.14. The second-order valence-electron chi connectivity index (χ2n) is 4.54. The standard InChI is InChI=1S/C15H13N3O4S/c16-9-11-1-5-13(6-2-11)22-10-15(19)18-12-3-7-14(8-4-12)23(17,20)21/h1-8H,10H2,(H,18,19)(H2,17,20,21). The van der Waals surface area contributed by atoms with Crippen molar-refractivity contribution in [2.45, 2.75) is 4.90 Å². The summed E-state index contributed by atoms with van der Waals surface area (Å²) in [5.41, 5.74) is 0.919. The van der Waals surface area contributed by atoms with Gasteiger partial charge in [0.05, 0.1) is 16.5 Å². The fraction of sp³-hybridized carbons (Fsp3) is 0.0667. The molecule has 0 aliphatic heterocycles.